The highest BCUT2D eigenvalue weighted by atomic mass is 16.5. The number of likely N-dealkylation sites (tertiary alicyclic amines) is 1. The van der Waals surface area contributed by atoms with Gasteiger partial charge >= 0.3 is 5.97 Å². The highest BCUT2D eigenvalue weighted by Crippen LogP contribution is 2.20. The average molecular weight is 984 g/mol. The first kappa shape index (κ1) is 54.2. The van der Waals surface area contributed by atoms with Gasteiger partial charge in [0, 0.05) is 61.2 Å². The number of H-pyrrole nitrogens is 2. The Hall–Kier alpha value is -7.78. The quantitative estimate of drug-likeness (QED) is 0.0405. The van der Waals surface area contributed by atoms with Crippen molar-refractivity contribution in [2.75, 3.05) is 20.2 Å². The van der Waals surface area contributed by atoms with E-state index in [2.05, 4.69) is 46.9 Å². The average Bonchev–Trinajstić information content (AvgIpc) is 3.97. The van der Waals surface area contributed by atoms with E-state index in [-0.39, 0.29) is 69.6 Å². The zero-order valence-corrected chi connectivity index (χ0v) is 40.4. The number of carbonyl (C=O) groups excluding carboxylic acids is 9. The number of aromatic nitrogens is 3. The molecule has 22 heteroatoms. The Bertz CT molecular complexity index is 2490. The minimum atomic E-state index is -1.31. The van der Waals surface area contributed by atoms with Crippen LogP contribution < -0.4 is 37.6 Å². The Morgan fingerprint density at radius 3 is 2.17 bits per heavy atom. The van der Waals surface area contributed by atoms with E-state index >= 15 is 0 Å². The Balaban J connectivity index is 1.25. The van der Waals surface area contributed by atoms with Crippen LogP contribution in [0, 0.1) is 5.92 Å². The number of hydrogen-bond acceptors (Lipinski definition) is 12. The van der Waals surface area contributed by atoms with Crippen molar-refractivity contribution in [1.82, 2.24) is 51.8 Å². The van der Waals surface area contributed by atoms with Gasteiger partial charge in [-0.1, -0.05) is 44.2 Å². The first-order chi connectivity index (χ1) is 33.9. The molecule has 1 aliphatic rings. The van der Waals surface area contributed by atoms with Crippen molar-refractivity contribution in [3.8, 4) is 5.75 Å². The summed E-state index contributed by atoms with van der Waals surface area (Å²) in [6.07, 6.45) is 5.89. The summed E-state index contributed by atoms with van der Waals surface area (Å²) in [7, 11) is 1.21. The monoisotopic (exact) mass is 983 g/mol. The summed E-state index contributed by atoms with van der Waals surface area (Å²) in [5.41, 5.74) is 8.12. The molecule has 0 unspecified atom stereocenters. The van der Waals surface area contributed by atoms with Gasteiger partial charge in [0.05, 0.1) is 20.0 Å². The van der Waals surface area contributed by atoms with Gasteiger partial charge in [-0.25, -0.2) is 9.78 Å². The fraction of sp³-hybridized carbons (Fsp3) is 0.469. The molecule has 0 bridgehead atoms. The molecule has 0 spiro atoms. The number of rotatable bonds is 25. The number of phenols is 1. The molecule has 8 amide bonds. The van der Waals surface area contributed by atoms with Crippen molar-refractivity contribution in [3.05, 3.63) is 84.1 Å². The van der Waals surface area contributed by atoms with Gasteiger partial charge in [-0.3, -0.25) is 38.4 Å². The number of amides is 8. The molecular formula is C49H65N11O11. The molecule has 1 aliphatic heterocycles. The van der Waals surface area contributed by atoms with Crippen molar-refractivity contribution in [2.24, 2.45) is 11.7 Å². The molecule has 6 atom stereocenters. The van der Waals surface area contributed by atoms with Crippen LogP contribution in [-0.4, -0.2) is 135 Å². The second-order valence-electron chi connectivity index (χ2n) is 18.1. The number of primary amides is 1. The summed E-state index contributed by atoms with van der Waals surface area (Å²) in [6.45, 7) is 4.89. The van der Waals surface area contributed by atoms with Crippen molar-refractivity contribution < 1.29 is 53.0 Å². The first-order valence-electron chi connectivity index (χ1n) is 23.7. The molecule has 1 fully saturated rings. The summed E-state index contributed by atoms with van der Waals surface area (Å²) >= 11 is 0. The van der Waals surface area contributed by atoms with E-state index in [9.17, 15) is 48.3 Å². The fourth-order valence-corrected chi connectivity index (χ4v) is 8.16. The molecule has 1 saturated heterocycles. The molecule has 5 rings (SSSR count). The van der Waals surface area contributed by atoms with Crippen LogP contribution >= 0.6 is 0 Å². The van der Waals surface area contributed by atoms with Gasteiger partial charge in [0.15, 0.2) is 0 Å². The van der Waals surface area contributed by atoms with Crippen LogP contribution in [0.5, 0.6) is 5.75 Å². The summed E-state index contributed by atoms with van der Waals surface area (Å²) in [4.78, 5) is 132. The molecule has 0 saturated carbocycles. The Morgan fingerprint density at radius 2 is 1.48 bits per heavy atom. The minimum absolute atomic E-state index is 0.00877. The van der Waals surface area contributed by atoms with Crippen LogP contribution in [0.2, 0.25) is 0 Å². The number of aryl methyl sites for hydroxylation is 1. The van der Waals surface area contributed by atoms with Gasteiger partial charge in [0.25, 0.3) is 0 Å². The number of para-hydroxylation sites is 1. The number of nitrogens with two attached hydrogens (primary N) is 1. The Labute approximate surface area is 410 Å². The minimum Gasteiger partial charge on any atom is -0.508 e. The van der Waals surface area contributed by atoms with Crippen LogP contribution in [0.15, 0.2) is 67.3 Å². The maximum Gasteiger partial charge on any atom is 0.328 e. The zero-order valence-electron chi connectivity index (χ0n) is 40.4. The molecular weight excluding hydrogens is 919 g/mol. The molecule has 0 aliphatic carbocycles. The maximum absolute atomic E-state index is 14.2. The standard InChI is InChI=1S/C49H65N11O11/c1-28(2)21-40(49(70)71-4)59-47(68)39(23-32-25-51-27-53-32)56-43(64)26-60-20-8-7-11-37(48(60)69)57-44(65)29(3)54-46(67)38(22-31-24-52-35-10-6-5-9-34(31)35)58-45(66)36(17-18-41(50)62)55-42(63)19-14-30-12-15-33(61)16-13-30/h5-6,9-10,12-13,15-16,24-25,27-29,36-40,52,61H,7-8,11,14,17-23,26H2,1-4H3,(H2,50,62)(H,51,53)(H,54,67)(H,55,63)(H,56,64)(H,57,65)(H,58,66)(H,59,68)/t29-,36-,37-,38-,39-,40-/m0/s1. The number of nitrogens with one attached hydrogen (secondary N) is 8. The summed E-state index contributed by atoms with van der Waals surface area (Å²) in [5, 5.41) is 26.5. The van der Waals surface area contributed by atoms with Crippen LogP contribution in [-0.2, 0) is 67.2 Å². The predicted octanol–water partition coefficient (Wildman–Crippen LogP) is 0.440. The third kappa shape index (κ3) is 16.7. The lowest BCUT2D eigenvalue weighted by Gasteiger charge is -2.27. The summed E-state index contributed by atoms with van der Waals surface area (Å²) in [5.74, 6) is -5.91. The normalized spacial score (nSPS) is 15.8. The molecule has 71 heavy (non-hydrogen) atoms. The molecule has 22 nitrogen and oxygen atoms in total. The van der Waals surface area contributed by atoms with Crippen molar-refractivity contribution in [3.63, 3.8) is 0 Å². The second kappa shape index (κ2) is 26.3. The molecule has 382 valence electrons. The van der Waals surface area contributed by atoms with Crippen LogP contribution in [0.1, 0.15) is 82.5 Å². The van der Waals surface area contributed by atoms with E-state index < -0.39 is 96.0 Å². The van der Waals surface area contributed by atoms with Gasteiger partial charge in [0.1, 0.15) is 42.0 Å². The summed E-state index contributed by atoms with van der Waals surface area (Å²) in [6, 6.07) is 6.56. The van der Waals surface area contributed by atoms with E-state index in [1.807, 2.05) is 38.1 Å². The smallest absolute Gasteiger partial charge is 0.328 e. The lowest BCUT2D eigenvalue weighted by atomic mass is 10.0. The van der Waals surface area contributed by atoms with E-state index in [1.165, 1.54) is 43.6 Å². The number of aromatic hydroxyl groups is 1. The third-order valence-electron chi connectivity index (χ3n) is 12.0. The van der Waals surface area contributed by atoms with E-state index in [4.69, 9.17) is 10.5 Å². The lowest BCUT2D eigenvalue weighted by molar-refractivity contribution is -0.146. The maximum atomic E-state index is 14.2. The van der Waals surface area contributed by atoms with Crippen LogP contribution in [0.4, 0.5) is 0 Å². The number of ether oxygens (including phenoxy) is 1. The Morgan fingerprint density at radius 1 is 0.803 bits per heavy atom. The van der Waals surface area contributed by atoms with Gasteiger partial charge < -0.3 is 62.3 Å². The molecule has 3 heterocycles. The molecule has 2 aromatic heterocycles. The summed E-state index contributed by atoms with van der Waals surface area (Å²) < 4.78 is 4.89. The SMILES string of the molecule is COC(=O)[C@H](CC(C)C)NC(=O)[C@H](Cc1cnc[nH]1)NC(=O)CN1CCCC[C@H](NC(=O)[C@H](C)NC(=O)[C@H](Cc2c[nH]c3ccccc23)NC(=O)[C@H](CCC(N)=O)NC(=O)CCc2ccc(O)cc2)C1=O. The molecule has 2 aromatic carbocycles. The molecule has 0 radical (unpaired) electrons. The number of methoxy groups -OCH3 is 1. The number of imidazole rings is 1. The first-order valence-corrected chi connectivity index (χ1v) is 23.7. The largest absolute Gasteiger partial charge is 0.508 e. The molecule has 11 N–H and O–H groups in total. The number of nitrogens with zero attached hydrogens (tertiary/aromatic N) is 2. The van der Waals surface area contributed by atoms with Crippen LogP contribution in [0.25, 0.3) is 10.9 Å². The second-order valence-corrected chi connectivity index (χ2v) is 18.1. The van der Waals surface area contributed by atoms with Gasteiger partial charge in [-0.2, -0.15) is 0 Å². The fourth-order valence-electron chi connectivity index (χ4n) is 8.16. The number of esters is 1. The van der Waals surface area contributed by atoms with Crippen LogP contribution in [0.3, 0.4) is 0 Å². The number of hydrogen-bond donors (Lipinski definition) is 10. The number of aromatic amines is 2. The third-order valence-corrected chi connectivity index (χ3v) is 12.0. The zero-order chi connectivity index (χ0) is 51.6. The van der Waals surface area contributed by atoms with E-state index in [1.54, 1.807) is 18.3 Å². The predicted molar refractivity (Wildman–Crippen MR) is 258 cm³/mol. The Kier molecular flexibility index (Phi) is 20.0. The number of benzene rings is 2. The lowest BCUT2D eigenvalue weighted by Crippen LogP contribution is -2.58. The highest BCUT2D eigenvalue weighted by molar-refractivity contribution is 5.97. The highest BCUT2D eigenvalue weighted by Gasteiger charge is 2.35. The van der Waals surface area contributed by atoms with Gasteiger partial charge in [-0.15, -0.1) is 0 Å². The van der Waals surface area contributed by atoms with Crippen molar-refractivity contribution >= 4 is 64.1 Å². The molecule has 4 aromatic rings. The van der Waals surface area contributed by atoms with Gasteiger partial charge in [0.2, 0.25) is 47.3 Å². The van der Waals surface area contributed by atoms with Crippen molar-refractivity contribution in [1.29, 1.82) is 0 Å². The van der Waals surface area contributed by atoms with E-state index in [0.29, 0.717) is 24.1 Å². The van der Waals surface area contributed by atoms with Gasteiger partial charge in [-0.05, 0) is 80.7 Å². The van der Waals surface area contributed by atoms with E-state index in [0.717, 1.165) is 16.5 Å². The topological polar surface area (TPSA) is 329 Å². The number of carbonyl (C=O) groups is 9. The van der Waals surface area contributed by atoms with Crippen molar-refractivity contribution in [2.45, 2.75) is 121 Å². The number of phenolic OH excluding ortho intramolecular Hbond substituents is 1. The number of fused-ring (bicyclic) bond motifs is 1.